The van der Waals surface area contributed by atoms with Crippen molar-refractivity contribution in [2.45, 2.75) is 31.9 Å². The second-order valence-electron chi connectivity index (χ2n) is 7.24. The number of nitrogens with one attached hydrogen (secondary N) is 2. The number of halogens is 3. The molecule has 2 N–H and O–H groups in total. The Morgan fingerprint density at radius 2 is 1.81 bits per heavy atom. The maximum absolute atomic E-state index is 12.5. The van der Waals surface area contributed by atoms with Crippen LogP contribution in [0, 0.1) is 11.8 Å². The molecule has 0 aromatic heterocycles. The van der Waals surface area contributed by atoms with Crippen LogP contribution < -0.4 is 10.6 Å². The van der Waals surface area contributed by atoms with Gasteiger partial charge >= 0.3 is 6.18 Å². The zero-order chi connectivity index (χ0) is 19.2. The maximum Gasteiger partial charge on any atom is 0.401 e. The van der Waals surface area contributed by atoms with Crippen LogP contribution >= 0.6 is 0 Å². The first-order valence-electron chi connectivity index (χ1n) is 9.26. The lowest BCUT2D eigenvalue weighted by Crippen LogP contribution is -2.47. The van der Waals surface area contributed by atoms with Crippen molar-refractivity contribution in [2.75, 3.05) is 53.4 Å². The molecule has 2 heterocycles. The first kappa shape index (κ1) is 20.8. The fourth-order valence-electron chi connectivity index (χ4n) is 3.76. The molecule has 0 bridgehead atoms. The number of guanidine groups is 1. The number of hydrogen-bond acceptors (Lipinski definition) is 3. The first-order valence-corrected chi connectivity index (χ1v) is 9.26. The van der Waals surface area contributed by atoms with E-state index in [1.165, 1.54) is 4.90 Å². The summed E-state index contributed by atoms with van der Waals surface area (Å²) in [7, 11) is 3.38. The van der Waals surface area contributed by atoms with Crippen LogP contribution in [0.15, 0.2) is 4.99 Å². The van der Waals surface area contributed by atoms with Gasteiger partial charge in [0.15, 0.2) is 5.96 Å². The molecule has 150 valence electrons. The van der Waals surface area contributed by atoms with Crippen LogP contribution in [0.2, 0.25) is 0 Å². The summed E-state index contributed by atoms with van der Waals surface area (Å²) in [6.45, 7) is 2.46. The monoisotopic (exact) mass is 377 g/mol. The van der Waals surface area contributed by atoms with Crippen LogP contribution in [0.5, 0.6) is 0 Å². The number of carbonyl (C=O) groups is 1. The van der Waals surface area contributed by atoms with E-state index in [9.17, 15) is 18.0 Å². The van der Waals surface area contributed by atoms with Gasteiger partial charge in [-0.15, -0.1) is 0 Å². The van der Waals surface area contributed by atoms with E-state index in [2.05, 4.69) is 20.5 Å². The van der Waals surface area contributed by atoms with Gasteiger partial charge in [0.1, 0.15) is 0 Å². The summed E-state index contributed by atoms with van der Waals surface area (Å²) >= 11 is 0. The maximum atomic E-state index is 12.5. The summed E-state index contributed by atoms with van der Waals surface area (Å²) in [5.41, 5.74) is 0. The molecular weight excluding hydrogens is 347 g/mol. The van der Waals surface area contributed by atoms with Crippen molar-refractivity contribution >= 4 is 11.9 Å². The van der Waals surface area contributed by atoms with Gasteiger partial charge in [-0.3, -0.25) is 14.7 Å². The molecule has 0 saturated carbocycles. The van der Waals surface area contributed by atoms with E-state index in [0.29, 0.717) is 32.0 Å². The predicted molar refractivity (Wildman–Crippen MR) is 94.9 cm³/mol. The zero-order valence-corrected chi connectivity index (χ0v) is 15.6. The minimum atomic E-state index is -4.13. The molecule has 0 aromatic rings. The third kappa shape index (κ3) is 6.66. The quantitative estimate of drug-likeness (QED) is 0.560. The summed E-state index contributed by atoms with van der Waals surface area (Å²) in [6.07, 6.45) is -0.910. The van der Waals surface area contributed by atoms with Crippen LogP contribution in [0.4, 0.5) is 13.2 Å². The van der Waals surface area contributed by atoms with E-state index < -0.39 is 12.7 Å². The fourth-order valence-corrected chi connectivity index (χ4v) is 3.76. The molecule has 26 heavy (non-hydrogen) atoms. The normalized spacial score (nSPS) is 23.3. The highest BCUT2D eigenvalue weighted by molar-refractivity contribution is 5.80. The molecule has 9 heteroatoms. The second-order valence-corrected chi connectivity index (χ2v) is 7.24. The molecule has 0 spiro atoms. The Kier molecular flexibility index (Phi) is 7.55. The van der Waals surface area contributed by atoms with Crippen molar-refractivity contribution in [1.82, 2.24) is 20.4 Å². The average molecular weight is 377 g/mol. The highest BCUT2D eigenvalue weighted by atomic mass is 19.4. The number of alkyl halides is 3. The number of aliphatic imine (C=N–C) groups is 1. The van der Waals surface area contributed by atoms with Crippen LogP contribution in [-0.4, -0.2) is 81.2 Å². The molecule has 2 aliphatic heterocycles. The molecule has 1 atom stereocenters. The molecular formula is C17H30F3N5O. The Morgan fingerprint density at radius 3 is 2.38 bits per heavy atom. The number of hydrogen-bond donors (Lipinski definition) is 2. The van der Waals surface area contributed by atoms with Gasteiger partial charge < -0.3 is 15.5 Å². The van der Waals surface area contributed by atoms with Crippen molar-refractivity contribution in [3.05, 3.63) is 0 Å². The Balaban J connectivity index is 1.71. The number of amides is 1. The van der Waals surface area contributed by atoms with Gasteiger partial charge in [0, 0.05) is 46.7 Å². The standard InChI is InChI=1S/C17H30F3N5O/c1-21-15(26)9-13-4-7-25(8-5-13)16(22-2)23-10-14-3-6-24(11-14)12-17(18,19)20/h13-14H,3-12H2,1-2H3,(H,21,26)(H,22,23). The third-order valence-electron chi connectivity index (χ3n) is 5.20. The van der Waals surface area contributed by atoms with E-state index in [0.717, 1.165) is 38.3 Å². The van der Waals surface area contributed by atoms with E-state index in [-0.39, 0.29) is 11.8 Å². The lowest BCUT2D eigenvalue weighted by Gasteiger charge is -2.34. The van der Waals surface area contributed by atoms with Crippen molar-refractivity contribution in [3.63, 3.8) is 0 Å². The molecule has 0 radical (unpaired) electrons. The molecule has 1 unspecified atom stereocenters. The molecule has 0 aliphatic carbocycles. The number of piperidine rings is 1. The first-order chi connectivity index (χ1) is 12.3. The van der Waals surface area contributed by atoms with Gasteiger partial charge in [-0.1, -0.05) is 0 Å². The van der Waals surface area contributed by atoms with Crippen LogP contribution in [-0.2, 0) is 4.79 Å². The molecule has 1 amide bonds. The number of rotatable bonds is 5. The van der Waals surface area contributed by atoms with Crippen molar-refractivity contribution < 1.29 is 18.0 Å². The molecule has 6 nitrogen and oxygen atoms in total. The lowest BCUT2D eigenvalue weighted by atomic mass is 9.93. The summed E-state index contributed by atoms with van der Waals surface area (Å²) in [5, 5.41) is 5.98. The van der Waals surface area contributed by atoms with Gasteiger partial charge in [0.05, 0.1) is 6.54 Å². The topological polar surface area (TPSA) is 60.0 Å². The van der Waals surface area contributed by atoms with E-state index >= 15 is 0 Å². The predicted octanol–water partition coefficient (Wildman–Crippen LogP) is 1.29. The van der Waals surface area contributed by atoms with Gasteiger partial charge in [0.25, 0.3) is 0 Å². The average Bonchev–Trinajstić information content (AvgIpc) is 3.02. The second kappa shape index (κ2) is 9.43. The van der Waals surface area contributed by atoms with E-state index in [1.54, 1.807) is 14.1 Å². The third-order valence-corrected chi connectivity index (χ3v) is 5.20. The summed E-state index contributed by atoms with van der Waals surface area (Å²) in [6, 6.07) is 0. The highest BCUT2D eigenvalue weighted by Crippen LogP contribution is 2.23. The Hall–Kier alpha value is -1.51. The SMILES string of the molecule is CN=C(NCC1CCN(CC(F)(F)F)C1)N1CCC(CC(=O)NC)CC1. The Labute approximate surface area is 153 Å². The van der Waals surface area contributed by atoms with Crippen molar-refractivity contribution in [2.24, 2.45) is 16.8 Å². The highest BCUT2D eigenvalue weighted by Gasteiger charge is 2.34. The summed E-state index contributed by atoms with van der Waals surface area (Å²) in [4.78, 5) is 19.4. The lowest BCUT2D eigenvalue weighted by molar-refractivity contribution is -0.143. The molecule has 0 aromatic carbocycles. The number of likely N-dealkylation sites (tertiary alicyclic amines) is 2. The van der Waals surface area contributed by atoms with Gasteiger partial charge in [0.2, 0.25) is 5.91 Å². The van der Waals surface area contributed by atoms with Crippen LogP contribution in [0.3, 0.4) is 0 Å². The van der Waals surface area contributed by atoms with Crippen LogP contribution in [0.25, 0.3) is 0 Å². The smallest absolute Gasteiger partial charge is 0.359 e. The molecule has 2 fully saturated rings. The van der Waals surface area contributed by atoms with Crippen molar-refractivity contribution in [1.29, 1.82) is 0 Å². The van der Waals surface area contributed by atoms with E-state index in [4.69, 9.17) is 0 Å². The van der Waals surface area contributed by atoms with Gasteiger partial charge in [-0.05, 0) is 37.6 Å². The zero-order valence-electron chi connectivity index (χ0n) is 15.6. The number of nitrogens with zero attached hydrogens (tertiary/aromatic N) is 3. The molecule has 2 rings (SSSR count). The minimum Gasteiger partial charge on any atom is -0.359 e. The molecule has 2 aliphatic rings. The number of carbonyl (C=O) groups excluding carboxylic acids is 1. The summed E-state index contributed by atoms with van der Waals surface area (Å²) < 4.78 is 37.4. The Morgan fingerprint density at radius 1 is 1.15 bits per heavy atom. The van der Waals surface area contributed by atoms with Gasteiger partial charge in [-0.25, -0.2) is 0 Å². The minimum absolute atomic E-state index is 0.0793. The summed E-state index contributed by atoms with van der Waals surface area (Å²) in [5.74, 6) is 1.49. The Bertz CT molecular complexity index is 489. The fraction of sp³-hybridized carbons (Fsp3) is 0.882. The van der Waals surface area contributed by atoms with Gasteiger partial charge in [-0.2, -0.15) is 13.2 Å². The molecule has 2 saturated heterocycles. The van der Waals surface area contributed by atoms with Crippen LogP contribution in [0.1, 0.15) is 25.7 Å². The largest absolute Gasteiger partial charge is 0.401 e. The van der Waals surface area contributed by atoms with Crippen molar-refractivity contribution in [3.8, 4) is 0 Å². The van der Waals surface area contributed by atoms with E-state index in [1.807, 2.05) is 0 Å².